The lowest BCUT2D eigenvalue weighted by molar-refractivity contribution is -0.117. The Kier molecular flexibility index (Phi) is 5.93. The van der Waals surface area contributed by atoms with E-state index >= 15 is 0 Å². The Balaban J connectivity index is 1.56. The van der Waals surface area contributed by atoms with Crippen LogP contribution in [-0.2, 0) is 17.9 Å². The van der Waals surface area contributed by atoms with Crippen LogP contribution in [0.3, 0.4) is 0 Å². The van der Waals surface area contributed by atoms with Crippen molar-refractivity contribution < 1.29 is 14.3 Å². The van der Waals surface area contributed by atoms with Crippen molar-refractivity contribution in [2.75, 3.05) is 30.5 Å². The van der Waals surface area contributed by atoms with Gasteiger partial charge < -0.3 is 19.7 Å². The van der Waals surface area contributed by atoms with Gasteiger partial charge in [0.2, 0.25) is 11.9 Å². The Hall–Kier alpha value is -4.08. The molecule has 10 heteroatoms. The van der Waals surface area contributed by atoms with Crippen LogP contribution in [0.2, 0.25) is 0 Å². The lowest BCUT2D eigenvalue weighted by Crippen LogP contribution is -2.44. The average Bonchev–Trinajstić information content (AvgIpc) is 3.22. The molecule has 0 spiro atoms. The molecule has 0 aliphatic carbocycles. The first-order valence-corrected chi connectivity index (χ1v) is 10.2. The van der Waals surface area contributed by atoms with Gasteiger partial charge in [-0.15, -0.1) is 5.10 Å². The number of methoxy groups -OCH3 is 1. The maximum Gasteiger partial charge on any atom is 0.333 e. The van der Waals surface area contributed by atoms with Gasteiger partial charge in [-0.05, 0) is 55.5 Å². The fraction of sp³-hybridized carbons (Fsp3) is 0.273. The van der Waals surface area contributed by atoms with Crippen molar-refractivity contribution in [2.24, 2.45) is 0 Å². The van der Waals surface area contributed by atoms with Crippen LogP contribution in [0, 0.1) is 0 Å². The molecule has 0 saturated heterocycles. The predicted molar refractivity (Wildman–Crippen MR) is 119 cm³/mol. The number of hydrogen-bond donors (Lipinski definition) is 1. The van der Waals surface area contributed by atoms with Crippen LogP contribution in [0.4, 0.5) is 17.3 Å². The maximum atomic E-state index is 12.6. The van der Waals surface area contributed by atoms with Crippen LogP contribution in [0.25, 0.3) is 0 Å². The van der Waals surface area contributed by atoms with E-state index in [1.807, 2.05) is 24.0 Å². The summed E-state index contributed by atoms with van der Waals surface area (Å²) in [6.45, 7) is 2.86. The van der Waals surface area contributed by atoms with Gasteiger partial charge in [0, 0.05) is 24.5 Å². The van der Waals surface area contributed by atoms with Crippen LogP contribution in [0.1, 0.15) is 6.92 Å². The van der Waals surface area contributed by atoms with Gasteiger partial charge in [0.15, 0.2) is 0 Å². The highest BCUT2D eigenvalue weighted by atomic mass is 16.5. The van der Waals surface area contributed by atoms with Crippen molar-refractivity contribution in [3.63, 3.8) is 0 Å². The third kappa shape index (κ3) is 4.20. The van der Waals surface area contributed by atoms with Gasteiger partial charge in [-0.3, -0.25) is 19.0 Å². The summed E-state index contributed by atoms with van der Waals surface area (Å²) in [4.78, 5) is 39.4. The van der Waals surface area contributed by atoms with E-state index in [4.69, 9.17) is 9.47 Å². The number of rotatable bonds is 7. The van der Waals surface area contributed by atoms with Crippen molar-refractivity contribution in [1.82, 2.24) is 14.3 Å². The summed E-state index contributed by atoms with van der Waals surface area (Å²) >= 11 is 0. The number of ether oxygens (including phenoxy) is 2. The van der Waals surface area contributed by atoms with Crippen molar-refractivity contribution in [3.05, 3.63) is 69.2 Å². The fourth-order valence-corrected chi connectivity index (χ4v) is 3.48. The quantitative estimate of drug-likeness (QED) is 0.560. The molecular weight excluding hydrogens is 414 g/mol. The number of anilines is 3. The van der Waals surface area contributed by atoms with Crippen LogP contribution in [0.15, 0.2) is 58.1 Å². The molecule has 1 N–H and O–H groups in total. The molecule has 0 atom stereocenters. The maximum absolute atomic E-state index is 12.6. The summed E-state index contributed by atoms with van der Waals surface area (Å²) in [5, 5.41) is 7.01. The molecule has 2 aromatic carbocycles. The normalized spacial score (nSPS) is 12.4. The van der Waals surface area contributed by atoms with E-state index in [2.05, 4.69) is 10.4 Å². The van der Waals surface area contributed by atoms with Gasteiger partial charge in [0.1, 0.15) is 18.0 Å². The Morgan fingerprint density at radius 1 is 1.00 bits per heavy atom. The monoisotopic (exact) mass is 437 g/mol. The minimum Gasteiger partial charge on any atom is -0.497 e. The number of aromatic nitrogens is 3. The zero-order valence-corrected chi connectivity index (χ0v) is 17.8. The van der Waals surface area contributed by atoms with E-state index in [1.54, 1.807) is 43.5 Å². The molecule has 3 aromatic rings. The smallest absolute Gasteiger partial charge is 0.333 e. The SMILES string of the molecule is CCOc1ccc(NC(=O)Cn2nc3n(c(=O)c2=O)CCN3c2ccc(OC)cc2)cc1. The number of benzene rings is 2. The second-order valence-electron chi connectivity index (χ2n) is 7.07. The molecule has 0 bridgehead atoms. The molecule has 0 unspecified atom stereocenters. The average molecular weight is 437 g/mol. The first kappa shape index (κ1) is 21.2. The zero-order chi connectivity index (χ0) is 22.7. The minimum absolute atomic E-state index is 0.314. The summed E-state index contributed by atoms with van der Waals surface area (Å²) in [5.74, 6) is 1.23. The van der Waals surface area contributed by atoms with E-state index in [1.165, 1.54) is 4.57 Å². The lowest BCUT2D eigenvalue weighted by Gasteiger charge is -2.18. The highest BCUT2D eigenvalue weighted by molar-refractivity contribution is 5.90. The van der Waals surface area contributed by atoms with Gasteiger partial charge in [-0.25, -0.2) is 4.68 Å². The van der Waals surface area contributed by atoms with Gasteiger partial charge in [0.05, 0.1) is 13.7 Å². The van der Waals surface area contributed by atoms with Crippen LogP contribution >= 0.6 is 0 Å². The second kappa shape index (κ2) is 8.96. The summed E-state index contributed by atoms with van der Waals surface area (Å²) in [6.07, 6.45) is 0. The Bertz CT molecular complexity index is 1230. The number of fused-ring (bicyclic) bond motifs is 1. The number of hydrogen-bond acceptors (Lipinski definition) is 7. The highest BCUT2D eigenvalue weighted by Gasteiger charge is 2.26. The van der Waals surface area contributed by atoms with Crippen molar-refractivity contribution >= 4 is 23.2 Å². The summed E-state index contributed by atoms with van der Waals surface area (Å²) in [7, 11) is 1.58. The molecule has 1 aromatic heterocycles. The fourth-order valence-electron chi connectivity index (χ4n) is 3.48. The standard InChI is InChI=1S/C22H23N5O5/c1-3-32-18-8-4-15(5-9-18)23-19(28)14-27-21(30)20(29)26-13-12-25(22(26)24-27)16-6-10-17(31-2)11-7-16/h4-11H,3,12-14H2,1-2H3,(H,23,28). The Morgan fingerprint density at radius 3 is 2.34 bits per heavy atom. The van der Waals surface area contributed by atoms with Gasteiger partial charge in [-0.2, -0.15) is 0 Å². The molecule has 10 nitrogen and oxygen atoms in total. The number of amides is 1. The van der Waals surface area contributed by atoms with E-state index in [-0.39, 0.29) is 6.54 Å². The van der Waals surface area contributed by atoms with Crippen molar-refractivity contribution in [2.45, 2.75) is 20.0 Å². The minimum atomic E-state index is -0.841. The van der Waals surface area contributed by atoms with E-state index in [0.717, 1.165) is 10.4 Å². The first-order valence-electron chi connectivity index (χ1n) is 10.2. The molecule has 1 aliphatic rings. The van der Waals surface area contributed by atoms with E-state index in [9.17, 15) is 14.4 Å². The molecule has 166 valence electrons. The summed E-state index contributed by atoms with van der Waals surface area (Å²) in [5.41, 5.74) is -0.204. The molecule has 0 radical (unpaired) electrons. The third-order valence-corrected chi connectivity index (χ3v) is 5.03. The molecule has 2 heterocycles. The van der Waals surface area contributed by atoms with Gasteiger partial charge in [-0.1, -0.05) is 0 Å². The van der Waals surface area contributed by atoms with Gasteiger partial charge in [0.25, 0.3) is 0 Å². The second-order valence-corrected chi connectivity index (χ2v) is 7.07. The molecule has 0 fully saturated rings. The van der Waals surface area contributed by atoms with Crippen LogP contribution in [0.5, 0.6) is 11.5 Å². The van der Waals surface area contributed by atoms with E-state index < -0.39 is 17.0 Å². The number of carbonyl (C=O) groups is 1. The highest BCUT2D eigenvalue weighted by Crippen LogP contribution is 2.27. The summed E-state index contributed by atoms with van der Waals surface area (Å²) < 4.78 is 12.8. The molecular formula is C22H23N5O5. The largest absolute Gasteiger partial charge is 0.497 e. The van der Waals surface area contributed by atoms with Crippen molar-refractivity contribution in [3.8, 4) is 11.5 Å². The molecule has 1 amide bonds. The predicted octanol–water partition coefficient (Wildman–Crippen LogP) is 1.60. The Labute approximate surface area is 183 Å². The molecule has 4 rings (SSSR count). The lowest BCUT2D eigenvalue weighted by atomic mass is 10.3. The molecule has 32 heavy (non-hydrogen) atoms. The number of carbonyl (C=O) groups excluding carboxylic acids is 1. The van der Waals surface area contributed by atoms with Crippen LogP contribution < -0.4 is 30.8 Å². The third-order valence-electron chi connectivity index (χ3n) is 5.03. The topological polar surface area (TPSA) is 108 Å². The number of nitrogens with one attached hydrogen (secondary N) is 1. The number of nitrogens with zero attached hydrogens (tertiary/aromatic N) is 4. The molecule has 0 saturated carbocycles. The van der Waals surface area contributed by atoms with Gasteiger partial charge >= 0.3 is 11.1 Å². The Morgan fingerprint density at radius 2 is 1.69 bits per heavy atom. The zero-order valence-electron chi connectivity index (χ0n) is 17.8. The first-order chi connectivity index (χ1) is 15.5. The van der Waals surface area contributed by atoms with E-state index in [0.29, 0.717) is 42.8 Å². The van der Waals surface area contributed by atoms with Crippen LogP contribution in [-0.4, -0.2) is 40.5 Å². The summed E-state index contributed by atoms with van der Waals surface area (Å²) in [6, 6.07) is 14.1. The van der Waals surface area contributed by atoms with Crippen molar-refractivity contribution in [1.29, 1.82) is 0 Å². The molecule has 1 aliphatic heterocycles.